The maximum atomic E-state index is 11.2. The van der Waals surface area contributed by atoms with Crippen molar-refractivity contribution >= 4 is 7.37 Å². The summed E-state index contributed by atoms with van der Waals surface area (Å²) in [5.41, 5.74) is 5.22. The van der Waals surface area contributed by atoms with Gasteiger partial charge in [-0.2, -0.15) is 0 Å². The minimum absolute atomic E-state index is 0.164. The smallest absolute Gasteiger partial charge is 0.215 e. The molecule has 0 spiro atoms. The lowest BCUT2D eigenvalue weighted by molar-refractivity contribution is 0.334. The molecule has 1 unspecified atom stereocenters. The van der Waals surface area contributed by atoms with Gasteiger partial charge < -0.3 is 10.3 Å². The Balaban J connectivity index is 3.78. The minimum atomic E-state index is -2.40. The first-order chi connectivity index (χ1) is 4.18. The van der Waals surface area contributed by atoms with Crippen LogP contribution in [0.25, 0.3) is 0 Å². The normalized spacial score (nSPS) is 17.2. The van der Waals surface area contributed by atoms with Crippen molar-refractivity contribution < 1.29 is 9.09 Å². The topological polar surface area (TPSA) is 52.3 Å². The summed E-state index contributed by atoms with van der Waals surface area (Å²) in [5, 5.41) is 0. The molecule has 9 heavy (non-hydrogen) atoms. The second-order valence-electron chi connectivity index (χ2n) is 1.73. The Hall–Kier alpha value is 0.150. The predicted octanol–water partition coefficient (Wildman–Crippen LogP) is 1.24. The van der Waals surface area contributed by atoms with Crippen LogP contribution in [0.1, 0.15) is 13.8 Å². The zero-order valence-electron chi connectivity index (χ0n) is 5.96. The highest BCUT2D eigenvalue weighted by atomic mass is 31.2. The highest BCUT2D eigenvalue weighted by Crippen LogP contribution is 2.43. The van der Waals surface area contributed by atoms with Gasteiger partial charge in [0.25, 0.3) is 0 Å². The van der Waals surface area contributed by atoms with Gasteiger partial charge in [0, 0.05) is 6.16 Å². The second kappa shape index (κ2) is 4.04. The van der Waals surface area contributed by atoms with Gasteiger partial charge in [-0.15, -0.1) is 0 Å². The summed E-state index contributed by atoms with van der Waals surface area (Å²) in [5.74, 6) is 0. The van der Waals surface area contributed by atoms with Crippen LogP contribution in [0.15, 0.2) is 0 Å². The third-order valence-electron chi connectivity index (χ3n) is 1.12. The lowest BCUT2D eigenvalue weighted by Crippen LogP contribution is -2.05. The maximum Gasteiger partial charge on any atom is 0.215 e. The summed E-state index contributed by atoms with van der Waals surface area (Å²) >= 11 is 0. The maximum absolute atomic E-state index is 11.2. The summed E-state index contributed by atoms with van der Waals surface area (Å²) in [6.45, 7) is 4.13. The van der Waals surface area contributed by atoms with Crippen LogP contribution in [0.3, 0.4) is 0 Å². The molecular formula is C5H14NO2P. The SMILES string of the molecule is CCOP(=O)(CC)CN. The van der Waals surface area contributed by atoms with E-state index in [0.29, 0.717) is 12.8 Å². The molecule has 0 aromatic carbocycles. The largest absolute Gasteiger partial charge is 0.328 e. The summed E-state index contributed by atoms with van der Waals surface area (Å²) in [6.07, 6.45) is 0.703. The Kier molecular flexibility index (Phi) is 4.11. The van der Waals surface area contributed by atoms with E-state index in [1.165, 1.54) is 0 Å². The van der Waals surface area contributed by atoms with Crippen LogP contribution < -0.4 is 5.73 Å². The monoisotopic (exact) mass is 151 g/mol. The molecule has 56 valence electrons. The van der Waals surface area contributed by atoms with Crippen LogP contribution in [0.2, 0.25) is 0 Å². The summed E-state index contributed by atoms with van der Waals surface area (Å²) in [6, 6.07) is 0. The zero-order chi connectivity index (χ0) is 7.33. The van der Waals surface area contributed by atoms with E-state index in [4.69, 9.17) is 10.3 Å². The van der Waals surface area contributed by atoms with Gasteiger partial charge in [-0.3, -0.25) is 4.57 Å². The lowest BCUT2D eigenvalue weighted by atomic mass is 10.9. The molecule has 2 N–H and O–H groups in total. The van der Waals surface area contributed by atoms with Gasteiger partial charge in [0.05, 0.1) is 12.9 Å². The van der Waals surface area contributed by atoms with Gasteiger partial charge in [0.2, 0.25) is 7.37 Å². The highest BCUT2D eigenvalue weighted by Gasteiger charge is 2.15. The van der Waals surface area contributed by atoms with Crippen molar-refractivity contribution in [3.05, 3.63) is 0 Å². The molecule has 0 aliphatic heterocycles. The van der Waals surface area contributed by atoms with Gasteiger partial charge in [-0.1, -0.05) is 6.92 Å². The molecule has 0 aromatic rings. The molecule has 0 aromatic heterocycles. The van der Waals surface area contributed by atoms with E-state index < -0.39 is 7.37 Å². The molecule has 1 atom stereocenters. The van der Waals surface area contributed by atoms with Gasteiger partial charge in [-0.25, -0.2) is 0 Å². The summed E-state index contributed by atoms with van der Waals surface area (Å²) in [7, 11) is -2.40. The third-order valence-corrected chi connectivity index (χ3v) is 3.37. The molecule has 0 bridgehead atoms. The number of nitrogens with two attached hydrogens (primary N) is 1. The first kappa shape index (κ1) is 9.15. The van der Waals surface area contributed by atoms with E-state index >= 15 is 0 Å². The van der Waals surface area contributed by atoms with E-state index in [-0.39, 0.29) is 6.29 Å². The van der Waals surface area contributed by atoms with Crippen molar-refractivity contribution in [2.75, 3.05) is 19.1 Å². The highest BCUT2D eigenvalue weighted by molar-refractivity contribution is 7.58. The third kappa shape index (κ3) is 2.99. The molecule has 0 amide bonds. The molecule has 0 saturated heterocycles. The molecule has 0 heterocycles. The Labute approximate surface area is 56.0 Å². The van der Waals surface area contributed by atoms with E-state index in [9.17, 15) is 4.57 Å². The van der Waals surface area contributed by atoms with Crippen molar-refractivity contribution in [2.45, 2.75) is 13.8 Å². The van der Waals surface area contributed by atoms with Crippen LogP contribution in [-0.2, 0) is 9.09 Å². The van der Waals surface area contributed by atoms with Gasteiger partial charge >= 0.3 is 0 Å². The number of hydrogen-bond acceptors (Lipinski definition) is 3. The average Bonchev–Trinajstić information content (AvgIpc) is 1.89. The van der Waals surface area contributed by atoms with Crippen molar-refractivity contribution in [2.24, 2.45) is 5.73 Å². The Morgan fingerprint density at radius 2 is 2.11 bits per heavy atom. The number of rotatable bonds is 4. The van der Waals surface area contributed by atoms with Gasteiger partial charge in [0.15, 0.2) is 0 Å². The van der Waals surface area contributed by atoms with Crippen LogP contribution in [-0.4, -0.2) is 19.1 Å². The summed E-state index contributed by atoms with van der Waals surface area (Å²) < 4.78 is 16.2. The fourth-order valence-corrected chi connectivity index (χ4v) is 1.53. The predicted molar refractivity (Wildman–Crippen MR) is 38.8 cm³/mol. The molecule has 4 heteroatoms. The fourth-order valence-electron chi connectivity index (χ4n) is 0.508. The molecule has 0 aliphatic carbocycles. The molecular weight excluding hydrogens is 137 g/mol. The number of hydrogen-bond donors (Lipinski definition) is 1. The van der Waals surface area contributed by atoms with Gasteiger partial charge in [0.1, 0.15) is 0 Å². The van der Waals surface area contributed by atoms with E-state index in [2.05, 4.69) is 0 Å². The molecule has 0 fully saturated rings. The van der Waals surface area contributed by atoms with E-state index in [0.717, 1.165) is 0 Å². The summed E-state index contributed by atoms with van der Waals surface area (Å²) in [4.78, 5) is 0. The van der Waals surface area contributed by atoms with Crippen molar-refractivity contribution in [1.29, 1.82) is 0 Å². The minimum Gasteiger partial charge on any atom is -0.328 e. The lowest BCUT2D eigenvalue weighted by Gasteiger charge is -2.11. The first-order valence-corrected chi connectivity index (χ1v) is 5.10. The van der Waals surface area contributed by atoms with Crippen LogP contribution >= 0.6 is 7.37 Å². The molecule has 0 rings (SSSR count). The molecule has 0 radical (unpaired) electrons. The van der Waals surface area contributed by atoms with Crippen LogP contribution in [0.4, 0.5) is 0 Å². The van der Waals surface area contributed by atoms with E-state index in [1.54, 1.807) is 0 Å². The van der Waals surface area contributed by atoms with Crippen LogP contribution in [0.5, 0.6) is 0 Å². The molecule has 0 aliphatic rings. The molecule has 3 nitrogen and oxygen atoms in total. The average molecular weight is 151 g/mol. The molecule has 0 saturated carbocycles. The van der Waals surface area contributed by atoms with Crippen molar-refractivity contribution in [1.82, 2.24) is 0 Å². The Morgan fingerprint density at radius 1 is 1.56 bits per heavy atom. The van der Waals surface area contributed by atoms with E-state index in [1.807, 2.05) is 13.8 Å². The standard InChI is InChI=1S/C5H14NO2P/c1-3-8-9(7,4-2)5-6/h3-6H2,1-2H3. The first-order valence-electron chi connectivity index (χ1n) is 3.11. The van der Waals surface area contributed by atoms with Crippen molar-refractivity contribution in [3.8, 4) is 0 Å². The second-order valence-corrected chi connectivity index (χ2v) is 4.62. The van der Waals surface area contributed by atoms with Crippen molar-refractivity contribution in [3.63, 3.8) is 0 Å². The fraction of sp³-hybridized carbons (Fsp3) is 1.00. The zero-order valence-corrected chi connectivity index (χ0v) is 6.86. The Bertz CT molecular complexity index is 108. The van der Waals surface area contributed by atoms with Crippen LogP contribution in [0, 0.1) is 0 Å². The Morgan fingerprint density at radius 3 is 2.22 bits per heavy atom. The quantitative estimate of drug-likeness (QED) is 0.615. The van der Waals surface area contributed by atoms with Gasteiger partial charge in [-0.05, 0) is 6.92 Å².